The van der Waals surface area contributed by atoms with Crippen LogP contribution in [0.4, 0.5) is 0 Å². The number of aryl methyl sites for hydroxylation is 1. The number of aromatic nitrogens is 1. The number of allylic oxidation sites excluding steroid dienone is 1. The summed E-state index contributed by atoms with van der Waals surface area (Å²) in [4.78, 5) is 11.0. The minimum Gasteiger partial charge on any atom is -0.347 e. The topological polar surface area (TPSA) is 22.0 Å². The number of para-hydroxylation sites is 1. The van der Waals surface area contributed by atoms with Gasteiger partial charge in [0.15, 0.2) is 5.78 Å². The van der Waals surface area contributed by atoms with Gasteiger partial charge >= 0.3 is 0 Å². The maximum Gasteiger partial charge on any atom is 0.152 e. The van der Waals surface area contributed by atoms with E-state index in [2.05, 4.69) is 23.6 Å². The molecule has 0 aliphatic carbocycles. The molecule has 82 valence electrons. The number of hydrogen-bond donors (Lipinski definition) is 0. The van der Waals surface area contributed by atoms with E-state index in [0.717, 1.165) is 5.56 Å². The summed E-state index contributed by atoms with van der Waals surface area (Å²) in [7, 11) is 2.04. The number of nitrogens with zero attached hydrogens (tertiary/aromatic N) is 1. The van der Waals surface area contributed by atoms with Crippen molar-refractivity contribution in [3.8, 4) is 0 Å². The number of benzene rings is 1. The lowest BCUT2D eigenvalue weighted by Crippen LogP contribution is -1.90. The first-order chi connectivity index (χ1) is 7.61. The Bertz CT molecular complexity index is 576. The second kappa shape index (κ2) is 3.97. The van der Waals surface area contributed by atoms with Crippen LogP contribution in [0.2, 0.25) is 0 Å². The lowest BCUT2D eigenvalue weighted by molar-refractivity contribution is -0.112. The van der Waals surface area contributed by atoms with Crippen molar-refractivity contribution in [3.63, 3.8) is 0 Å². The Labute approximate surface area is 95.2 Å². The van der Waals surface area contributed by atoms with E-state index >= 15 is 0 Å². The molecule has 0 aliphatic heterocycles. The average Bonchev–Trinajstić information content (AvgIpc) is 2.50. The molecule has 0 atom stereocenters. The van der Waals surface area contributed by atoms with E-state index in [9.17, 15) is 4.79 Å². The van der Waals surface area contributed by atoms with Gasteiger partial charge in [-0.25, -0.2) is 0 Å². The molecule has 0 unspecified atom stereocenters. The number of rotatable bonds is 2. The van der Waals surface area contributed by atoms with Crippen molar-refractivity contribution < 1.29 is 4.79 Å². The van der Waals surface area contributed by atoms with Crippen LogP contribution in [0.5, 0.6) is 0 Å². The van der Waals surface area contributed by atoms with Crippen LogP contribution >= 0.6 is 0 Å². The van der Waals surface area contributed by atoms with E-state index < -0.39 is 0 Å². The minimum atomic E-state index is 0.0762. The van der Waals surface area contributed by atoms with Gasteiger partial charge in [0.1, 0.15) is 0 Å². The van der Waals surface area contributed by atoms with Crippen molar-refractivity contribution in [2.45, 2.75) is 13.8 Å². The van der Waals surface area contributed by atoms with E-state index in [1.165, 1.54) is 16.6 Å². The van der Waals surface area contributed by atoms with Gasteiger partial charge in [-0.05, 0) is 32.1 Å². The SMILES string of the molecule is CC(=O)/C=C\c1c(C)n(C)c2ccccc12. The highest BCUT2D eigenvalue weighted by Crippen LogP contribution is 2.25. The van der Waals surface area contributed by atoms with Crippen LogP contribution in [0.25, 0.3) is 17.0 Å². The summed E-state index contributed by atoms with van der Waals surface area (Å²) in [5, 5.41) is 1.19. The second-order valence-corrected chi connectivity index (χ2v) is 4.02. The van der Waals surface area contributed by atoms with Crippen LogP contribution in [-0.4, -0.2) is 10.4 Å². The molecule has 0 aliphatic rings. The number of ketones is 1. The molecular formula is C14H15NO. The van der Waals surface area contributed by atoms with Crippen LogP contribution < -0.4 is 0 Å². The Hall–Kier alpha value is -1.83. The van der Waals surface area contributed by atoms with E-state index in [1.54, 1.807) is 13.0 Å². The fourth-order valence-electron chi connectivity index (χ4n) is 1.96. The molecule has 0 saturated heterocycles. The number of carbonyl (C=O) groups excluding carboxylic acids is 1. The van der Waals surface area contributed by atoms with Gasteiger partial charge in [-0.3, -0.25) is 4.79 Å². The van der Waals surface area contributed by atoms with E-state index in [1.807, 2.05) is 25.3 Å². The van der Waals surface area contributed by atoms with Crippen molar-refractivity contribution in [2.75, 3.05) is 0 Å². The molecule has 1 heterocycles. The highest BCUT2D eigenvalue weighted by Gasteiger charge is 2.08. The molecule has 2 nitrogen and oxygen atoms in total. The van der Waals surface area contributed by atoms with Crippen molar-refractivity contribution in [2.24, 2.45) is 7.05 Å². The number of hydrogen-bond acceptors (Lipinski definition) is 1. The summed E-state index contributed by atoms with van der Waals surface area (Å²) >= 11 is 0. The Morgan fingerprint density at radius 2 is 2.00 bits per heavy atom. The summed E-state index contributed by atoms with van der Waals surface area (Å²) in [6.07, 6.45) is 3.52. The molecule has 0 radical (unpaired) electrons. The van der Waals surface area contributed by atoms with Gasteiger partial charge in [0.05, 0.1) is 0 Å². The smallest absolute Gasteiger partial charge is 0.152 e. The van der Waals surface area contributed by atoms with Crippen molar-refractivity contribution in [3.05, 3.63) is 41.6 Å². The quantitative estimate of drug-likeness (QED) is 0.703. The molecule has 0 fully saturated rings. The summed E-state index contributed by atoms with van der Waals surface area (Å²) in [6.45, 7) is 3.64. The molecule has 0 bridgehead atoms. The highest BCUT2D eigenvalue weighted by molar-refractivity contribution is 5.97. The lowest BCUT2D eigenvalue weighted by Gasteiger charge is -1.97. The van der Waals surface area contributed by atoms with Crippen LogP contribution in [0.1, 0.15) is 18.2 Å². The molecule has 1 aromatic heterocycles. The molecular weight excluding hydrogens is 198 g/mol. The van der Waals surface area contributed by atoms with E-state index in [0.29, 0.717) is 0 Å². The van der Waals surface area contributed by atoms with Crippen LogP contribution in [0.3, 0.4) is 0 Å². The molecule has 0 saturated carbocycles. The standard InChI is InChI=1S/C14H15NO/c1-10(16)8-9-12-11(2)15(3)14-7-5-4-6-13(12)14/h4-9H,1-3H3/b9-8-. The average molecular weight is 213 g/mol. The van der Waals surface area contributed by atoms with Gasteiger partial charge in [0, 0.05) is 29.2 Å². The van der Waals surface area contributed by atoms with Gasteiger partial charge in [0.25, 0.3) is 0 Å². The fraction of sp³-hybridized carbons (Fsp3) is 0.214. The number of carbonyl (C=O) groups is 1. The molecule has 2 aromatic rings. The van der Waals surface area contributed by atoms with Crippen molar-refractivity contribution in [1.82, 2.24) is 4.57 Å². The molecule has 0 N–H and O–H groups in total. The second-order valence-electron chi connectivity index (χ2n) is 4.02. The third kappa shape index (κ3) is 1.67. The van der Waals surface area contributed by atoms with Gasteiger partial charge < -0.3 is 4.57 Å². The maximum atomic E-state index is 11.0. The third-order valence-corrected chi connectivity index (χ3v) is 2.93. The highest BCUT2D eigenvalue weighted by atomic mass is 16.1. The first-order valence-corrected chi connectivity index (χ1v) is 5.34. The summed E-state index contributed by atoms with van der Waals surface area (Å²) in [5.41, 5.74) is 3.51. The molecule has 16 heavy (non-hydrogen) atoms. The molecule has 2 rings (SSSR count). The number of fused-ring (bicyclic) bond motifs is 1. The first kappa shape index (κ1) is 10.7. The molecule has 1 aromatic carbocycles. The van der Waals surface area contributed by atoms with Crippen LogP contribution in [-0.2, 0) is 11.8 Å². The lowest BCUT2D eigenvalue weighted by atomic mass is 10.1. The molecule has 0 spiro atoms. The Morgan fingerprint density at radius 1 is 1.31 bits per heavy atom. The normalized spacial score (nSPS) is 11.4. The fourth-order valence-corrected chi connectivity index (χ4v) is 1.96. The zero-order chi connectivity index (χ0) is 11.7. The van der Waals surface area contributed by atoms with Gasteiger partial charge in [0.2, 0.25) is 0 Å². The Morgan fingerprint density at radius 3 is 2.69 bits per heavy atom. The largest absolute Gasteiger partial charge is 0.347 e. The Kier molecular flexibility index (Phi) is 2.65. The molecule has 0 amide bonds. The zero-order valence-electron chi connectivity index (χ0n) is 9.82. The van der Waals surface area contributed by atoms with Crippen molar-refractivity contribution >= 4 is 22.8 Å². The van der Waals surface area contributed by atoms with Crippen LogP contribution in [0, 0.1) is 6.92 Å². The maximum absolute atomic E-state index is 11.0. The predicted molar refractivity (Wildman–Crippen MR) is 67.4 cm³/mol. The van der Waals surface area contributed by atoms with Crippen molar-refractivity contribution in [1.29, 1.82) is 0 Å². The minimum absolute atomic E-state index is 0.0762. The van der Waals surface area contributed by atoms with E-state index in [4.69, 9.17) is 0 Å². The summed E-state index contributed by atoms with van der Waals surface area (Å²) in [6, 6.07) is 8.22. The monoisotopic (exact) mass is 213 g/mol. The zero-order valence-corrected chi connectivity index (χ0v) is 9.82. The first-order valence-electron chi connectivity index (χ1n) is 5.34. The van der Waals surface area contributed by atoms with Gasteiger partial charge in [-0.15, -0.1) is 0 Å². The van der Waals surface area contributed by atoms with Gasteiger partial charge in [-0.1, -0.05) is 18.2 Å². The van der Waals surface area contributed by atoms with Crippen LogP contribution in [0.15, 0.2) is 30.3 Å². The molecule has 2 heteroatoms. The summed E-state index contributed by atoms with van der Waals surface area (Å²) < 4.78 is 2.15. The summed E-state index contributed by atoms with van der Waals surface area (Å²) in [5.74, 6) is 0.0762. The predicted octanol–water partition coefficient (Wildman–Crippen LogP) is 3.09. The third-order valence-electron chi connectivity index (χ3n) is 2.93. The van der Waals surface area contributed by atoms with Gasteiger partial charge in [-0.2, -0.15) is 0 Å². The van der Waals surface area contributed by atoms with E-state index in [-0.39, 0.29) is 5.78 Å². The Balaban J connectivity index is 2.69.